The first-order valence-electron chi connectivity index (χ1n) is 6.48. The predicted molar refractivity (Wildman–Crippen MR) is 72.9 cm³/mol. The first-order valence-corrected chi connectivity index (χ1v) is 6.48. The molecule has 19 heavy (non-hydrogen) atoms. The van der Waals surface area contributed by atoms with E-state index in [-0.39, 0.29) is 12.1 Å². The Morgan fingerprint density at radius 3 is 2.63 bits per heavy atom. The maximum atomic E-state index is 11.1. The molecule has 3 rings (SSSR count). The second-order valence-electron chi connectivity index (χ2n) is 5.10. The topological polar surface area (TPSA) is 85.8 Å². The first-order chi connectivity index (χ1) is 9.24. The molecule has 2 saturated heterocycles. The highest BCUT2D eigenvalue weighted by Gasteiger charge is 2.40. The maximum absolute atomic E-state index is 11.1. The van der Waals surface area contributed by atoms with E-state index in [9.17, 15) is 4.79 Å². The van der Waals surface area contributed by atoms with E-state index in [1.807, 2.05) is 11.0 Å². The summed E-state index contributed by atoms with van der Waals surface area (Å²) >= 11 is 0. The molecule has 1 amide bonds. The number of carbonyl (C=O) groups excluding carboxylic acids is 1. The molecule has 2 fully saturated rings. The summed E-state index contributed by atoms with van der Waals surface area (Å²) < 4.78 is 0. The number of nitrogens with two attached hydrogens (primary N) is 1. The van der Waals surface area contributed by atoms with Gasteiger partial charge in [0.05, 0.1) is 5.70 Å². The lowest BCUT2D eigenvalue weighted by atomic mass is 10.1. The van der Waals surface area contributed by atoms with Crippen LogP contribution in [-0.4, -0.2) is 53.3 Å². The van der Waals surface area contributed by atoms with Gasteiger partial charge in [-0.25, -0.2) is 0 Å². The van der Waals surface area contributed by atoms with Crippen LogP contribution in [0.15, 0.2) is 28.7 Å². The van der Waals surface area contributed by atoms with E-state index in [0.29, 0.717) is 11.4 Å². The fraction of sp³-hybridized carbons (Fsp3) is 0.462. The minimum absolute atomic E-state index is 0.272. The van der Waals surface area contributed by atoms with E-state index in [0.717, 1.165) is 38.0 Å². The van der Waals surface area contributed by atoms with Crippen LogP contribution in [0.1, 0.15) is 12.8 Å². The largest absolute Gasteiger partial charge is 0.403 e. The number of nitrogens with zero attached hydrogens (tertiary/aromatic N) is 3. The minimum atomic E-state index is 0.272. The number of nitrogens with one attached hydrogen (secondary N) is 1. The van der Waals surface area contributed by atoms with E-state index < -0.39 is 0 Å². The van der Waals surface area contributed by atoms with Crippen molar-refractivity contribution < 1.29 is 4.79 Å². The van der Waals surface area contributed by atoms with Crippen molar-refractivity contribution in [3.05, 3.63) is 23.7 Å². The van der Waals surface area contributed by atoms with E-state index in [4.69, 9.17) is 11.1 Å². The summed E-state index contributed by atoms with van der Waals surface area (Å²) in [6, 6.07) is 0.545. The number of piperazine rings is 1. The Hall–Kier alpha value is -2.11. The van der Waals surface area contributed by atoms with E-state index in [1.54, 1.807) is 6.21 Å². The van der Waals surface area contributed by atoms with Gasteiger partial charge >= 0.3 is 0 Å². The molecule has 0 radical (unpaired) electrons. The Morgan fingerprint density at radius 1 is 1.37 bits per heavy atom. The Bertz CT molecular complexity index is 493. The zero-order chi connectivity index (χ0) is 13.4. The number of rotatable bonds is 2. The van der Waals surface area contributed by atoms with Gasteiger partial charge in [-0.3, -0.25) is 15.2 Å². The molecule has 3 N–H and O–H groups in total. The fourth-order valence-electron chi connectivity index (χ4n) is 3.16. The number of likely N-dealkylation sites (tertiary alicyclic amines) is 1. The molecule has 2 atom stereocenters. The smallest absolute Gasteiger partial charge is 0.210 e. The van der Waals surface area contributed by atoms with Crippen LogP contribution in [0.2, 0.25) is 0 Å². The van der Waals surface area contributed by atoms with Gasteiger partial charge in [0.25, 0.3) is 0 Å². The Morgan fingerprint density at radius 2 is 2.05 bits per heavy atom. The lowest BCUT2D eigenvalue weighted by Gasteiger charge is -2.41. The summed E-state index contributed by atoms with van der Waals surface area (Å²) in [5.41, 5.74) is 7.20. The van der Waals surface area contributed by atoms with Crippen LogP contribution in [0, 0.1) is 5.41 Å². The molecule has 0 aromatic carbocycles. The van der Waals surface area contributed by atoms with E-state index >= 15 is 0 Å². The van der Waals surface area contributed by atoms with Crippen LogP contribution >= 0.6 is 0 Å². The highest BCUT2D eigenvalue weighted by molar-refractivity contribution is 6.14. The Balaban J connectivity index is 1.82. The number of carbonyl (C=O) groups is 1. The lowest BCUT2D eigenvalue weighted by Crippen LogP contribution is -2.53. The molecule has 6 heteroatoms. The summed E-state index contributed by atoms with van der Waals surface area (Å²) in [7, 11) is 0. The second-order valence-corrected chi connectivity index (χ2v) is 5.10. The van der Waals surface area contributed by atoms with Gasteiger partial charge in [-0.1, -0.05) is 0 Å². The summed E-state index contributed by atoms with van der Waals surface area (Å²) in [4.78, 5) is 19.3. The molecule has 0 aromatic rings. The predicted octanol–water partition coefficient (Wildman–Crippen LogP) is 0.0796. The molecule has 2 bridgehead atoms. The van der Waals surface area contributed by atoms with Gasteiger partial charge in [-0.15, -0.1) is 0 Å². The van der Waals surface area contributed by atoms with Gasteiger partial charge in [0.2, 0.25) is 6.41 Å². The van der Waals surface area contributed by atoms with Crippen molar-refractivity contribution in [2.75, 3.05) is 13.1 Å². The van der Waals surface area contributed by atoms with Crippen molar-refractivity contribution in [3.63, 3.8) is 0 Å². The highest BCUT2D eigenvalue weighted by Crippen LogP contribution is 2.31. The second kappa shape index (κ2) is 4.53. The normalized spacial score (nSPS) is 31.9. The monoisotopic (exact) mass is 259 g/mol. The Labute approximate surface area is 111 Å². The molecule has 6 nitrogen and oxygen atoms in total. The SMILES string of the molecule is N=C1C(N2CC3CCC(C2)N3C=O)=CC=N/C1=C/N. The summed E-state index contributed by atoms with van der Waals surface area (Å²) in [5.74, 6) is 0. The molecule has 3 aliphatic rings. The van der Waals surface area contributed by atoms with Crippen LogP contribution in [0.25, 0.3) is 0 Å². The zero-order valence-electron chi connectivity index (χ0n) is 10.6. The zero-order valence-corrected chi connectivity index (χ0v) is 10.6. The molecule has 3 aliphatic heterocycles. The minimum Gasteiger partial charge on any atom is -0.403 e. The Kier molecular flexibility index (Phi) is 2.85. The molecule has 0 saturated carbocycles. The fourth-order valence-corrected chi connectivity index (χ4v) is 3.16. The number of amides is 1. The van der Waals surface area contributed by atoms with Gasteiger partial charge in [0, 0.05) is 37.6 Å². The number of dihydropyridines is 1. The van der Waals surface area contributed by atoms with E-state index in [1.165, 1.54) is 6.20 Å². The lowest BCUT2D eigenvalue weighted by molar-refractivity contribution is -0.122. The number of hydrogen-bond donors (Lipinski definition) is 2. The number of aliphatic imine (C=N–C) groups is 1. The standard InChI is InChI=1S/C13H17N5O/c14-5-11-13(15)12(3-4-16-11)17-6-9-1-2-10(7-17)18(9)8-19/h3-5,8-10,15H,1-2,6-7,14H2/b11-5+,15-13?. The van der Waals surface area contributed by atoms with Crippen LogP contribution in [0.5, 0.6) is 0 Å². The molecular formula is C13H17N5O. The van der Waals surface area contributed by atoms with Crippen molar-refractivity contribution in [1.82, 2.24) is 9.80 Å². The van der Waals surface area contributed by atoms with Gasteiger partial charge in [-0.05, 0) is 18.9 Å². The average Bonchev–Trinajstić information content (AvgIpc) is 2.68. The van der Waals surface area contributed by atoms with Crippen molar-refractivity contribution in [1.29, 1.82) is 5.41 Å². The van der Waals surface area contributed by atoms with Crippen LogP contribution in [0.3, 0.4) is 0 Å². The molecule has 100 valence electrons. The van der Waals surface area contributed by atoms with Gasteiger partial charge in [0.15, 0.2) is 0 Å². The third-order valence-corrected chi connectivity index (χ3v) is 4.12. The number of fused-ring (bicyclic) bond motifs is 2. The summed E-state index contributed by atoms with van der Waals surface area (Å²) in [6.45, 7) is 1.57. The van der Waals surface area contributed by atoms with Crippen molar-refractivity contribution >= 4 is 18.3 Å². The molecule has 2 unspecified atom stereocenters. The molecular weight excluding hydrogens is 242 g/mol. The van der Waals surface area contributed by atoms with Gasteiger partial charge in [0.1, 0.15) is 11.4 Å². The third kappa shape index (κ3) is 1.83. The highest BCUT2D eigenvalue weighted by atomic mass is 16.1. The number of hydrogen-bond acceptors (Lipinski definition) is 5. The molecule has 0 aromatic heterocycles. The summed E-state index contributed by atoms with van der Waals surface area (Å²) in [6.07, 6.45) is 7.96. The quantitative estimate of drug-likeness (QED) is 0.689. The number of allylic oxidation sites excluding steroid dienone is 1. The van der Waals surface area contributed by atoms with Gasteiger partial charge < -0.3 is 15.5 Å². The van der Waals surface area contributed by atoms with E-state index in [2.05, 4.69) is 9.89 Å². The van der Waals surface area contributed by atoms with Crippen molar-refractivity contribution in [2.24, 2.45) is 10.7 Å². The van der Waals surface area contributed by atoms with Crippen LogP contribution < -0.4 is 5.73 Å². The van der Waals surface area contributed by atoms with Crippen molar-refractivity contribution in [2.45, 2.75) is 24.9 Å². The van der Waals surface area contributed by atoms with Gasteiger partial charge in [-0.2, -0.15) is 0 Å². The molecule has 0 spiro atoms. The molecule has 3 heterocycles. The van der Waals surface area contributed by atoms with Crippen molar-refractivity contribution in [3.8, 4) is 0 Å². The molecule has 0 aliphatic carbocycles. The van der Waals surface area contributed by atoms with Crippen LogP contribution in [0.4, 0.5) is 0 Å². The summed E-state index contributed by atoms with van der Waals surface area (Å²) in [5, 5.41) is 8.13. The van der Waals surface area contributed by atoms with Crippen LogP contribution in [-0.2, 0) is 4.79 Å². The maximum Gasteiger partial charge on any atom is 0.210 e. The average molecular weight is 259 g/mol. The third-order valence-electron chi connectivity index (χ3n) is 4.12. The first kappa shape index (κ1) is 12.0.